The number of benzene rings is 1. The number of hydrogen-bond acceptors (Lipinski definition) is 3. The quantitative estimate of drug-likeness (QED) is 0.768. The Labute approximate surface area is 114 Å². The summed E-state index contributed by atoms with van der Waals surface area (Å²) in [6, 6.07) is 8.12. The zero-order valence-corrected chi connectivity index (χ0v) is 11.7. The minimum atomic E-state index is -0.937. The molecule has 4 nitrogen and oxygen atoms in total. The lowest BCUT2D eigenvalue weighted by Gasteiger charge is -2.29. The van der Waals surface area contributed by atoms with Gasteiger partial charge in [0.2, 0.25) is 0 Å². The zero-order valence-electron chi connectivity index (χ0n) is 11.7. The molecule has 0 heterocycles. The second kappa shape index (κ2) is 7.59. The van der Waals surface area contributed by atoms with Gasteiger partial charge >= 0.3 is 5.97 Å². The topological polar surface area (TPSA) is 49.8 Å². The van der Waals surface area contributed by atoms with Crippen molar-refractivity contribution >= 4 is 17.7 Å². The van der Waals surface area contributed by atoms with Crippen molar-refractivity contribution in [1.82, 2.24) is 0 Å². The number of likely N-dealkylation sites (N-methyl/N-ethyl adjacent to an activating group) is 1. The Morgan fingerprint density at radius 2 is 2.05 bits per heavy atom. The molecule has 1 aromatic rings. The van der Waals surface area contributed by atoms with Gasteiger partial charge in [-0.3, -0.25) is 0 Å². The first-order valence-electron chi connectivity index (χ1n) is 6.35. The van der Waals surface area contributed by atoms with Crippen LogP contribution in [0.25, 0.3) is 6.08 Å². The van der Waals surface area contributed by atoms with Crippen LogP contribution >= 0.6 is 0 Å². The van der Waals surface area contributed by atoms with Crippen LogP contribution in [0.3, 0.4) is 0 Å². The zero-order chi connectivity index (χ0) is 14.3. The predicted octanol–water partition coefficient (Wildman–Crippen LogP) is 2.65. The number of nitrogens with zero attached hydrogens (tertiary/aromatic N) is 1. The van der Waals surface area contributed by atoms with Crippen molar-refractivity contribution in [2.75, 3.05) is 25.2 Å². The van der Waals surface area contributed by atoms with Gasteiger partial charge in [-0.1, -0.05) is 12.1 Å². The molecule has 0 spiro atoms. The fourth-order valence-electron chi connectivity index (χ4n) is 2.02. The number of rotatable bonds is 7. The summed E-state index contributed by atoms with van der Waals surface area (Å²) in [5.41, 5.74) is 1.99. The summed E-state index contributed by atoms with van der Waals surface area (Å²) >= 11 is 0. The molecule has 4 heteroatoms. The van der Waals surface area contributed by atoms with Gasteiger partial charge in [-0.15, -0.1) is 0 Å². The van der Waals surface area contributed by atoms with Gasteiger partial charge in [0, 0.05) is 31.5 Å². The number of hydrogen-bond donors (Lipinski definition) is 1. The van der Waals surface area contributed by atoms with Crippen LogP contribution in [0.15, 0.2) is 30.3 Å². The monoisotopic (exact) mass is 263 g/mol. The first-order chi connectivity index (χ1) is 9.08. The van der Waals surface area contributed by atoms with E-state index < -0.39 is 5.97 Å². The highest BCUT2D eigenvalue weighted by atomic mass is 16.5. The molecule has 0 aliphatic carbocycles. The molecule has 1 unspecified atom stereocenters. The predicted molar refractivity (Wildman–Crippen MR) is 77.5 cm³/mol. The molecule has 0 fully saturated rings. The van der Waals surface area contributed by atoms with Crippen LogP contribution in [0.1, 0.15) is 19.4 Å². The Kier molecular flexibility index (Phi) is 6.09. The van der Waals surface area contributed by atoms with E-state index in [4.69, 9.17) is 9.84 Å². The highest BCUT2D eigenvalue weighted by molar-refractivity contribution is 5.85. The number of carboxylic acids is 1. The molecule has 104 valence electrons. The molecule has 0 aliphatic rings. The normalized spacial score (nSPS) is 12.6. The molecule has 1 atom stereocenters. The largest absolute Gasteiger partial charge is 0.478 e. The number of ether oxygens (including phenoxy) is 1. The van der Waals surface area contributed by atoms with Crippen LogP contribution in [0, 0.1) is 0 Å². The van der Waals surface area contributed by atoms with E-state index in [2.05, 4.69) is 18.7 Å². The van der Waals surface area contributed by atoms with E-state index in [1.54, 1.807) is 13.2 Å². The Bertz CT molecular complexity index is 426. The SMILES string of the molecule is CCN(c1ccc(/C=C/C(=O)O)cc1)C(C)COC. The molecule has 0 aliphatic heterocycles. The lowest BCUT2D eigenvalue weighted by atomic mass is 10.1. The molecule has 0 saturated carbocycles. The average Bonchev–Trinajstić information content (AvgIpc) is 2.39. The molecule has 1 N–H and O–H groups in total. The highest BCUT2D eigenvalue weighted by Gasteiger charge is 2.12. The van der Waals surface area contributed by atoms with Gasteiger partial charge in [-0.05, 0) is 37.6 Å². The van der Waals surface area contributed by atoms with Crippen LogP contribution in [0.4, 0.5) is 5.69 Å². The van der Waals surface area contributed by atoms with Crippen LogP contribution in [0.5, 0.6) is 0 Å². The Morgan fingerprint density at radius 3 is 2.53 bits per heavy atom. The molecule has 0 amide bonds. The summed E-state index contributed by atoms with van der Waals surface area (Å²) in [6.45, 7) is 5.79. The maximum atomic E-state index is 10.4. The van der Waals surface area contributed by atoms with E-state index in [9.17, 15) is 4.79 Å². The van der Waals surface area contributed by atoms with Crippen molar-refractivity contribution in [3.05, 3.63) is 35.9 Å². The molecule has 1 rings (SSSR count). The Balaban J connectivity index is 2.81. The number of anilines is 1. The van der Waals surface area contributed by atoms with Crippen molar-refractivity contribution in [3.8, 4) is 0 Å². The molecule has 1 aromatic carbocycles. The summed E-state index contributed by atoms with van der Waals surface area (Å²) < 4.78 is 5.18. The van der Waals surface area contributed by atoms with Crippen molar-refractivity contribution in [3.63, 3.8) is 0 Å². The third kappa shape index (κ3) is 4.75. The van der Waals surface area contributed by atoms with Gasteiger partial charge in [0.05, 0.1) is 6.61 Å². The summed E-state index contributed by atoms with van der Waals surface area (Å²) in [7, 11) is 1.70. The van der Waals surface area contributed by atoms with Gasteiger partial charge in [-0.2, -0.15) is 0 Å². The van der Waals surface area contributed by atoms with Gasteiger partial charge < -0.3 is 14.7 Å². The minimum Gasteiger partial charge on any atom is -0.478 e. The van der Waals surface area contributed by atoms with Crippen LogP contribution in [-0.4, -0.2) is 37.4 Å². The fraction of sp³-hybridized carbons (Fsp3) is 0.400. The second-order valence-electron chi connectivity index (χ2n) is 4.35. The van der Waals surface area contributed by atoms with Gasteiger partial charge in [0.25, 0.3) is 0 Å². The van der Waals surface area contributed by atoms with E-state index in [0.717, 1.165) is 23.9 Å². The third-order valence-electron chi connectivity index (χ3n) is 2.92. The molecule has 19 heavy (non-hydrogen) atoms. The number of carboxylic acid groups (broad SMARTS) is 1. The van der Waals surface area contributed by atoms with Crippen LogP contribution < -0.4 is 4.90 Å². The van der Waals surface area contributed by atoms with E-state index >= 15 is 0 Å². The molecule has 0 bridgehead atoms. The summed E-state index contributed by atoms with van der Waals surface area (Å²) in [6.07, 6.45) is 2.72. The summed E-state index contributed by atoms with van der Waals surface area (Å²) in [4.78, 5) is 12.7. The van der Waals surface area contributed by atoms with E-state index in [-0.39, 0.29) is 0 Å². The van der Waals surface area contributed by atoms with E-state index in [1.165, 1.54) is 0 Å². The van der Waals surface area contributed by atoms with Crippen molar-refractivity contribution < 1.29 is 14.6 Å². The smallest absolute Gasteiger partial charge is 0.328 e. The fourth-order valence-corrected chi connectivity index (χ4v) is 2.02. The molecule has 0 saturated heterocycles. The lowest BCUT2D eigenvalue weighted by Crippen LogP contribution is -2.36. The maximum Gasteiger partial charge on any atom is 0.328 e. The van der Waals surface area contributed by atoms with Crippen molar-refractivity contribution in [1.29, 1.82) is 0 Å². The third-order valence-corrected chi connectivity index (χ3v) is 2.92. The first-order valence-corrected chi connectivity index (χ1v) is 6.35. The lowest BCUT2D eigenvalue weighted by molar-refractivity contribution is -0.131. The molecular formula is C15H21NO3. The van der Waals surface area contributed by atoms with Crippen LogP contribution in [-0.2, 0) is 9.53 Å². The van der Waals surface area contributed by atoms with Gasteiger partial charge in [0.15, 0.2) is 0 Å². The van der Waals surface area contributed by atoms with E-state index in [1.807, 2.05) is 24.3 Å². The summed E-state index contributed by atoms with van der Waals surface area (Å²) in [5.74, 6) is -0.937. The summed E-state index contributed by atoms with van der Waals surface area (Å²) in [5, 5.41) is 8.58. The minimum absolute atomic E-state index is 0.301. The number of carbonyl (C=O) groups is 1. The number of methoxy groups -OCH3 is 1. The van der Waals surface area contributed by atoms with Crippen LogP contribution in [0.2, 0.25) is 0 Å². The second-order valence-corrected chi connectivity index (χ2v) is 4.35. The molecule has 0 aromatic heterocycles. The standard InChI is InChI=1S/C15H21NO3/c1-4-16(12(2)11-19-3)14-8-5-13(6-9-14)7-10-15(17)18/h5-10,12H,4,11H2,1-3H3,(H,17,18)/b10-7+. The maximum absolute atomic E-state index is 10.4. The van der Waals surface area contributed by atoms with Crippen molar-refractivity contribution in [2.45, 2.75) is 19.9 Å². The highest BCUT2D eigenvalue weighted by Crippen LogP contribution is 2.18. The Morgan fingerprint density at radius 1 is 1.42 bits per heavy atom. The molecular weight excluding hydrogens is 242 g/mol. The first kappa shape index (κ1) is 15.2. The van der Waals surface area contributed by atoms with Gasteiger partial charge in [0.1, 0.15) is 0 Å². The average molecular weight is 263 g/mol. The molecule has 0 radical (unpaired) electrons. The van der Waals surface area contributed by atoms with Crippen molar-refractivity contribution in [2.24, 2.45) is 0 Å². The van der Waals surface area contributed by atoms with Gasteiger partial charge in [-0.25, -0.2) is 4.79 Å². The van der Waals surface area contributed by atoms with E-state index in [0.29, 0.717) is 12.6 Å². The Hall–Kier alpha value is -1.81. The number of aliphatic carboxylic acids is 1.